The highest BCUT2D eigenvalue weighted by molar-refractivity contribution is 5.89. The minimum absolute atomic E-state index is 0.530. The molecule has 0 saturated carbocycles. The van der Waals surface area contributed by atoms with E-state index in [1.165, 1.54) is 5.39 Å². The fourth-order valence-electron chi connectivity index (χ4n) is 2.10. The maximum absolute atomic E-state index is 10.8. The Bertz CT molecular complexity index is 724. The van der Waals surface area contributed by atoms with Gasteiger partial charge in [-0.1, -0.05) is 18.2 Å². The molecule has 0 aliphatic carbocycles. The summed E-state index contributed by atoms with van der Waals surface area (Å²) in [4.78, 5) is 36.5. The normalized spacial score (nSPS) is 12.6. The molecule has 0 aliphatic rings. The largest absolute Gasteiger partial charge is 0.481 e. The summed E-state index contributed by atoms with van der Waals surface area (Å²) in [6, 6.07) is 8.68. The van der Waals surface area contributed by atoms with Crippen molar-refractivity contribution >= 4 is 28.6 Å². The van der Waals surface area contributed by atoms with Gasteiger partial charge in [0.05, 0.1) is 17.9 Å². The Kier molecular flexibility index (Phi) is 6.94. The Morgan fingerprint density at radius 1 is 1.21 bits per heavy atom. The molecule has 0 aliphatic heterocycles. The van der Waals surface area contributed by atoms with E-state index in [9.17, 15) is 14.4 Å². The molecule has 8 heteroatoms. The summed E-state index contributed by atoms with van der Waals surface area (Å²) in [5, 5.41) is 18.0. The van der Waals surface area contributed by atoms with Gasteiger partial charge >= 0.3 is 11.9 Å². The van der Waals surface area contributed by atoms with Crippen LogP contribution in [0.3, 0.4) is 0 Å². The lowest BCUT2D eigenvalue weighted by molar-refractivity contribution is -0.145. The smallest absolute Gasteiger partial charge is 0.321 e. The number of nitrogens with zero attached hydrogens (tertiary/aromatic N) is 1. The van der Waals surface area contributed by atoms with E-state index in [0.717, 1.165) is 12.4 Å². The van der Waals surface area contributed by atoms with Crippen molar-refractivity contribution in [3.8, 4) is 0 Å². The number of aromatic nitrogens is 1. The second-order valence-corrected chi connectivity index (χ2v) is 5.06. The number of para-hydroxylation sites is 1. The predicted octanol–water partition coefficient (Wildman–Crippen LogP) is 0.778. The van der Waals surface area contributed by atoms with E-state index in [-0.39, 0.29) is 0 Å². The summed E-state index contributed by atoms with van der Waals surface area (Å²) >= 11 is 0. The zero-order valence-electron chi connectivity index (χ0n) is 13.4. The number of fused-ring (bicyclic) bond motifs is 1. The second-order valence-electron chi connectivity index (χ2n) is 5.06. The molecule has 0 fully saturated rings. The molecule has 2 rings (SSSR count). The Labute approximate surface area is 138 Å². The van der Waals surface area contributed by atoms with Crippen LogP contribution in [0, 0.1) is 5.92 Å². The molecule has 2 aromatic rings. The molecule has 0 radical (unpaired) electrons. The molecule has 24 heavy (non-hydrogen) atoms. The van der Waals surface area contributed by atoms with Crippen molar-refractivity contribution < 1.29 is 29.4 Å². The standard InChI is InChI=1S/C9H9NO.C7H11NO5/c1-11-10-7-6-8-4-2-3-5-9(8)10;1-3(9)4(2-5(10)11)6(8)7(12)13/h2-7H,1H3;4,6H,2,8H2,1H3,(H,10,11)(H,12,13). The minimum atomic E-state index is -1.45. The number of carboxylic acids is 2. The average molecular weight is 336 g/mol. The number of Topliss-reactive ketones (excluding diaryl/α,β-unsaturated/α-hetero) is 1. The van der Waals surface area contributed by atoms with Gasteiger partial charge in [-0.05, 0) is 19.1 Å². The molecule has 0 spiro atoms. The molecule has 0 bridgehead atoms. The number of carbonyl (C=O) groups is 3. The number of nitrogens with two attached hydrogens (primary N) is 1. The van der Waals surface area contributed by atoms with Crippen LogP contribution in [0.4, 0.5) is 0 Å². The minimum Gasteiger partial charge on any atom is -0.481 e. The van der Waals surface area contributed by atoms with Gasteiger partial charge in [-0.3, -0.25) is 14.4 Å². The van der Waals surface area contributed by atoms with E-state index in [1.54, 1.807) is 11.8 Å². The molecular formula is C16H20N2O6. The summed E-state index contributed by atoms with van der Waals surface area (Å²) < 4.78 is 1.75. The fourth-order valence-corrected chi connectivity index (χ4v) is 2.10. The van der Waals surface area contributed by atoms with E-state index in [1.807, 2.05) is 30.5 Å². The highest BCUT2D eigenvalue weighted by Gasteiger charge is 2.29. The van der Waals surface area contributed by atoms with Crippen molar-refractivity contribution in [2.24, 2.45) is 11.7 Å². The van der Waals surface area contributed by atoms with Gasteiger partial charge < -0.3 is 20.8 Å². The molecule has 2 atom stereocenters. The molecular weight excluding hydrogens is 316 g/mol. The lowest BCUT2D eigenvalue weighted by Crippen LogP contribution is -2.42. The summed E-state index contributed by atoms with van der Waals surface area (Å²) in [7, 11) is 1.66. The van der Waals surface area contributed by atoms with Gasteiger partial charge in [0, 0.05) is 11.6 Å². The zero-order chi connectivity index (χ0) is 18.3. The predicted molar refractivity (Wildman–Crippen MR) is 86.5 cm³/mol. The Morgan fingerprint density at radius 3 is 2.33 bits per heavy atom. The van der Waals surface area contributed by atoms with Crippen molar-refractivity contribution in [3.05, 3.63) is 36.5 Å². The number of rotatable bonds is 6. The average Bonchev–Trinajstić information content (AvgIpc) is 2.95. The van der Waals surface area contributed by atoms with Crippen LogP contribution in [0.15, 0.2) is 36.5 Å². The molecule has 0 saturated heterocycles. The number of ketones is 1. The third-order valence-corrected chi connectivity index (χ3v) is 3.40. The van der Waals surface area contributed by atoms with E-state index < -0.39 is 36.1 Å². The molecule has 8 nitrogen and oxygen atoms in total. The van der Waals surface area contributed by atoms with Crippen LogP contribution in [0.2, 0.25) is 0 Å². The van der Waals surface area contributed by atoms with Gasteiger partial charge in [0.2, 0.25) is 0 Å². The van der Waals surface area contributed by atoms with Crippen molar-refractivity contribution in [1.29, 1.82) is 0 Å². The van der Waals surface area contributed by atoms with Crippen LogP contribution in [-0.4, -0.2) is 45.8 Å². The van der Waals surface area contributed by atoms with E-state index in [0.29, 0.717) is 0 Å². The Balaban J connectivity index is 0.000000242. The SMILES string of the molecule is CC(=O)C(CC(=O)O)C(N)C(=O)O.COn1ccc2ccccc21. The number of carbonyl (C=O) groups excluding carboxylic acids is 1. The van der Waals surface area contributed by atoms with Gasteiger partial charge in [0.15, 0.2) is 0 Å². The third-order valence-electron chi connectivity index (χ3n) is 3.40. The zero-order valence-corrected chi connectivity index (χ0v) is 13.4. The first kappa shape index (κ1) is 19.2. The number of hydrogen-bond donors (Lipinski definition) is 3. The summed E-state index contributed by atoms with van der Waals surface area (Å²) in [6.07, 6.45) is 1.35. The van der Waals surface area contributed by atoms with Crippen molar-refractivity contribution in [2.75, 3.05) is 7.11 Å². The van der Waals surface area contributed by atoms with Crippen molar-refractivity contribution in [3.63, 3.8) is 0 Å². The molecule has 4 N–H and O–H groups in total. The molecule has 1 heterocycles. The van der Waals surface area contributed by atoms with Crippen LogP contribution in [0.25, 0.3) is 10.9 Å². The van der Waals surface area contributed by atoms with Gasteiger partial charge in [-0.15, -0.1) is 0 Å². The number of hydrogen-bond acceptors (Lipinski definition) is 5. The highest BCUT2D eigenvalue weighted by atomic mass is 16.6. The Hall–Kier alpha value is -2.87. The summed E-state index contributed by atoms with van der Waals surface area (Å²) in [5.41, 5.74) is 6.23. The number of carboxylic acid groups (broad SMARTS) is 2. The molecule has 0 amide bonds. The van der Waals surface area contributed by atoms with E-state index in [2.05, 4.69) is 6.07 Å². The number of aliphatic carboxylic acids is 2. The lowest BCUT2D eigenvalue weighted by Gasteiger charge is -2.15. The number of benzene rings is 1. The van der Waals surface area contributed by atoms with E-state index in [4.69, 9.17) is 20.8 Å². The summed E-state index contributed by atoms with van der Waals surface area (Å²) in [6.45, 7) is 1.12. The van der Waals surface area contributed by atoms with Gasteiger partial charge in [-0.2, -0.15) is 4.73 Å². The lowest BCUT2D eigenvalue weighted by atomic mass is 9.93. The summed E-state index contributed by atoms with van der Waals surface area (Å²) in [5.74, 6) is -4.30. The first-order chi connectivity index (χ1) is 11.3. The van der Waals surface area contributed by atoms with E-state index >= 15 is 0 Å². The van der Waals surface area contributed by atoms with Crippen LogP contribution in [0.5, 0.6) is 0 Å². The molecule has 1 aromatic carbocycles. The molecule has 1 aromatic heterocycles. The first-order valence-corrected chi connectivity index (χ1v) is 7.09. The highest BCUT2D eigenvalue weighted by Crippen LogP contribution is 2.13. The maximum atomic E-state index is 10.8. The molecule has 130 valence electrons. The van der Waals surface area contributed by atoms with Crippen LogP contribution >= 0.6 is 0 Å². The van der Waals surface area contributed by atoms with Gasteiger partial charge in [0.1, 0.15) is 18.9 Å². The maximum Gasteiger partial charge on any atom is 0.321 e. The second kappa shape index (κ2) is 8.68. The van der Waals surface area contributed by atoms with Gasteiger partial charge in [0.25, 0.3) is 0 Å². The topological polar surface area (TPSA) is 132 Å². The fraction of sp³-hybridized carbons (Fsp3) is 0.312. The first-order valence-electron chi connectivity index (χ1n) is 7.09. The third kappa shape index (κ3) is 5.10. The molecule has 2 unspecified atom stereocenters. The van der Waals surface area contributed by atoms with Gasteiger partial charge in [-0.25, -0.2) is 0 Å². The van der Waals surface area contributed by atoms with Crippen LogP contribution in [0.1, 0.15) is 13.3 Å². The van der Waals surface area contributed by atoms with Crippen LogP contribution < -0.4 is 10.6 Å². The van der Waals surface area contributed by atoms with Crippen molar-refractivity contribution in [2.45, 2.75) is 19.4 Å². The quantitative estimate of drug-likeness (QED) is 0.710. The monoisotopic (exact) mass is 336 g/mol. The van der Waals surface area contributed by atoms with Crippen LogP contribution in [-0.2, 0) is 14.4 Å². The van der Waals surface area contributed by atoms with Crippen molar-refractivity contribution in [1.82, 2.24) is 4.73 Å². The Morgan fingerprint density at radius 2 is 1.83 bits per heavy atom.